The van der Waals surface area contributed by atoms with Crippen LogP contribution in [-0.4, -0.2) is 32.5 Å². The molecular formula is C8H6BrN5O2. The van der Waals surface area contributed by atoms with E-state index in [0.29, 0.717) is 21.8 Å². The third-order valence-electron chi connectivity index (χ3n) is 2.53. The molecule has 0 saturated carbocycles. The van der Waals surface area contributed by atoms with E-state index in [2.05, 4.69) is 30.9 Å². The van der Waals surface area contributed by atoms with Crippen molar-refractivity contribution in [2.45, 2.75) is 6.54 Å². The van der Waals surface area contributed by atoms with Gasteiger partial charge in [0.2, 0.25) is 11.9 Å². The third-order valence-corrected chi connectivity index (χ3v) is 2.91. The molecule has 82 valence electrons. The van der Waals surface area contributed by atoms with Gasteiger partial charge in [0.15, 0.2) is 15.9 Å². The molecule has 0 bridgehead atoms. The predicted molar refractivity (Wildman–Crippen MR) is 59.3 cm³/mol. The van der Waals surface area contributed by atoms with Gasteiger partial charge in [-0.25, -0.2) is 4.98 Å². The van der Waals surface area contributed by atoms with Gasteiger partial charge < -0.3 is 4.98 Å². The van der Waals surface area contributed by atoms with Crippen LogP contribution in [-0.2, 0) is 11.3 Å². The number of imidazole rings is 1. The molecule has 2 aromatic rings. The Hall–Kier alpha value is -1.70. The minimum atomic E-state index is -0.282. The van der Waals surface area contributed by atoms with Gasteiger partial charge in [0, 0.05) is 7.05 Å². The maximum atomic E-state index is 12.0. The van der Waals surface area contributed by atoms with Crippen molar-refractivity contribution in [2.75, 3.05) is 11.9 Å². The lowest BCUT2D eigenvalue weighted by Gasteiger charge is -2.06. The summed E-state index contributed by atoms with van der Waals surface area (Å²) < 4.78 is 1.78. The number of aromatic nitrogens is 4. The largest absolute Gasteiger partial charge is 0.327 e. The second kappa shape index (κ2) is 2.91. The summed E-state index contributed by atoms with van der Waals surface area (Å²) in [6.45, 7) is 0.0320. The Balaban J connectivity index is 2.43. The molecule has 0 spiro atoms. The van der Waals surface area contributed by atoms with E-state index in [1.165, 1.54) is 9.47 Å². The van der Waals surface area contributed by atoms with E-state index in [-0.39, 0.29) is 18.0 Å². The van der Waals surface area contributed by atoms with Crippen LogP contribution in [0.3, 0.4) is 0 Å². The molecule has 0 radical (unpaired) electrons. The number of nitrogens with one attached hydrogen (secondary N) is 1. The highest BCUT2D eigenvalue weighted by Gasteiger charge is 2.28. The summed E-state index contributed by atoms with van der Waals surface area (Å²) in [6, 6.07) is 0. The summed E-state index contributed by atoms with van der Waals surface area (Å²) in [5, 5.41) is 0. The van der Waals surface area contributed by atoms with Crippen LogP contribution in [0.2, 0.25) is 0 Å². The van der Waals surface area contributed by atoms with Crippen LogP contribution in [0.4, 0.5) is 5.95 Å². The van der Waals surface area contributed by atoms with Crippen molar-refractivity contribution >= 4 is 38.9 Å². The zero-order valence-electron chi connectivity index (χ0n) is 8.19. The van der Waals surface area contributed by atoms with Gasteiger partial charge in [-0.1, -0.05) is 0 Å². The lowest BCUT2D eigenvalue weighted by molar-refractivity contribution is -0.117. The van der Waals surface area contributed by atoms with Crippen molar-refractivity contribution in [2.24, 2.45) is 0 Å². The van der Waals surface area contributed by atoms with Gasteiger partial charge in [-0.3, -0.25) is 19.1 Å². The Labute approximate surface area is 97.2 Å². The molecule has 0 aliphatic carbocycles. The first-order valence-electron chi connectivity index (χ1n) is 4.50. The number of amides is 1. The van der Waals surface area contributed by atoms with Crippen LogP contribution >= 0.6 is 15.9 Å². The molecule has 0 atom stereocenters. The van der Waals surface area contributed by atoms with Gasteiger partial charge in [-0.2, -0.15) is 4.98 Å². The van der Waals surface area contributed by atoms with Crippen molar-refractivity contribution in [1.82, 2.24) is 19.5 Å². The summed E-state index contributed by atoms with van der Waals surface area (Å²) in [7, 11) is 1.58. The average Bonchev–Trinajstić information content (AvgIpc) is 2.73. The zero-order chi connectivity index (χ0) is 11.4. The maximum absolute atomic E-state index is 12.0. The smallest absolute Gasteiger partial charge is 0.281 e. The highest BCUT2D eigenvalue weighted by Crippen LogP contribution is 2.18. The van der Waals surface area contributed by atoms with Crippen LogP contribution in [0.5, 0.6) is 0 Å². The lowest BCUT2D eigenvalue weighted by Crippen LogP contribution is -2.21. The molecule has 0 saturated heterocycles. The van der Waals surface area contributed by atoms with Crippen LogP contribution < -0.4 is 10.5 Å². The summed E-state index contributed by atoms with van der Waals surface area (Å²) in [5.74, 6) is 0.179. The van der Waals surface area contributed by atoms with E-state index < -0.39 is 0 Å². The number of carbonyl (C=O) groups excluding carboxylic acids is 1. The Bertz CT molecular complexity index is 673. The summed E-state index contributed by atoms with van der Waals surface area (Å²) in [5.41, 5.74) is 0.333. The molecule has 7 nitrogen and oxygen atoms in total. The van der Waals surface area contributed by atoms with Gasteiger partial charge in [0.1, 0.15) is 6.54 Å². The molecule has 3 heterocycles. The van der Waals surface area contributed by atoms with Gasteiger partial charge >= 0.3 is 0 Å². The number of nitrogens with zero attached hydrogens (tertiary/aromatic N) is 4. The number of carbonyl (C=O) groups is 1. The first kappa shape index (κ1) is 9.52. The standard InChI is InChI=1S/C8H6BrN5O2/c1-13-3(15)2-14-6(16)4-5(12-8(13)14)11-7(9)10-4/h2H2,1H3,(H,10,11). The predicted octanol–water partition coefficient (Wildman–Crippen LogP) is -0.142. The number of hydrogen-bond donors (Lipinski definition) is 1. The van der Waals surface area contributed by atoms with Crippen LogP contribution in [0, 0.1) is 0 Å². The average molecular weight is 284 g/mol. The highest BCUT2D eigenvalue weighted by molar-refractivity contribution is 9.10. The number of halogens is 1. The molecule has 0 unspecified atom stereocenters. The molecule has 0 aromatic carbocycles. The number of anilines is 1. The quantitative estimate of drug-likeness (QED) is 0.682. The summed E-state index contributed by atoms with van der Waals surface area (Å²) >= 11 is 3.14. The molecule has 1 N–H and O–H groups in total. The Morgan fingerprint density at radius 1 is 1.38 bits per heavy atom. The van der Waals surface area contributed by atoms with Crippen LogP contribution in [0.25, 0.3) is 11.2 Å². The fourth-order valence-corrected chi connectivity index (χ4v) is 2.06. The topological polar surface area (TPSA) is 83.9 Å². The first-order chi connectivity index (χ1) is 7.58. The van der Waals surface area contributed by atoms with Gasteiger partial charge in [-0.05, 0) is 15.9 Å². The van der Waals surface area contributed by atoms with Gasteiger partial charge in [0.25, 0.3) is 5.56 Å². The normalized spacial score (nSPS) is 14.9. The summed E-state index contributed by atoms with van der Waals surface area (Å²) in [4.78, 5) is 35.7. The van der Waals surface area contributed by atoms with Crippen molar-refractivity contribution in [3.05, 3.63) is 15.1 Å². The fraction of sp³-hybridized carbons (Fsp3) is 0.250. The molecule has 8 heteroatoms. The number of likely N-dealkylation sites (N-methyl/N-ethyl adjacent to an activating group) is 1. The highest BCUT2D eigenvalue weighted by atomic mass is 79.9. The van der Waals surface area contributed by atoms with Crippen molar-refractivity contribution < 1.29 is 4.79 Å². The van der Waals surface area contributed by atoms with Crippen molar-refractivity contribution in [3.63, 3.8) is 0 Å². The van der Waals surface area contributed by atoms with E-state index in [1.54, 1.807) is 7.05 Å². The molecule has 2 aromatic heterocycles. The van der Waals surface area contributed by atoms with Gasteiger partial charge in [0.05, 0.1) is 0 Å². The number of H-pyrrole nitrogens is 1. The monoisotopic (exact) mass is 283 g/mol. The van der Waals surface area contributed by atoms with E-state index in [1.807, 2.05) is 0 Å². The Morgan fingerprint density at radius 2 is 2.12 bits per heavy atom. The van der Waals surface area contributed by atoms with Crippen LogP contribution in [0.1, 0.15) is 0 Å². The number of hydrogen-bond acceptors (Lipinski definition) is 4. The van der Waals surface area contributed by atoms with Crippen molar-refractivity contribution in [3.8, 4) is 0 Å². The Morgan fingerprint density at radius 3 is 2.88 bits per heavy atom. The lowest BCUT2D eigenvalue weighted by atomic mass is 10.5. The molecule has 3 rings (SSSR count). The third kappa shape index (κ3) is 1.07. The van der Waals surface area contributed by atoms with Crippen LogP contribution in [0.15, 0.2) is 9.53 Å². The number of aromatic amines is 1. The van der Waals surface area contributed by atoms with E-state index in [0.717, 1.165) is 0 Å². The first-order valence-corrected chi connectivity index (χ1v) is 5.30. The molecule has 0 fully saturated rings. The Kier molecular flexibility index (Phi) is 1.73. The minimum Gasteiger partial charge on any atom is -0.327 e. The zero-order valence-corrected chi connectivity index (χ0v) is 9.78. The second-order valence-electron chi connectivity index (χ2n) is 3.48. The van der Waals surface area contributed by atoms with E-state index >= 15 is 0 Å². The summed E-state index contributed by atoms with van der Waals surface area (Å²) in [6.07, 6.45) is 0. The molecule has 1 aliphatic heterocycles. The van der Waals surface area contributed by atoms with E-state index in [4.69, 9.17) is 0 Å². The molecule has 16 heavy (non-hydrogen) atoms. The number of rotatable bonds is 0. The number of fused-ring (bicyclic) bond motifs is 2. The van der Waals surface area contributed by atoms with E-state index in [9.17, 15) is 9.59 Å². The SMILES string of the molecule is CN1C(=O)Cn2c1nc1nc(Br)[nH]c1c2=O. The molecule has 1 aliphatic rings. The second-order valence-corrected chi connectivity index (χ2v) is 4.23. The van der Waals surface area contributed by atoms with Crippen molar-refractivity contribution in [1.29, 1.82) is 0 Å². The molecule has 1 amide bonds. The minimum absolute atomic E-state index is 0.0320. The van der Waals surface area contributed by atoms with Gasteiger partial charge in [-0.15, -0.1) is 0 Å². The fourth-order valence-electron chi connectivity index (χ4n) is 1.70. The molecular weight excluding hydrogens is 278 g/mol. The maximum Gasteiger partial charge on any atom is 0.281 e.